The average Bonchev–Trinajstić information content (AvgIpc) is 3.04. The molecule has 3 rings (SSSR count). The number of hydrogen-bond donors (Lipinski definition) is 1. The summed E-state index contributed by atoms with van der Waals surface area (Å²) >= 11 is 5.11. The van der Waals surface area contributed by atoms with E-state index >= 15 is 0 Å². The van der Waals surface area contributed by atoms with Crippen molar-refractivity contribution in [1.29, 1.82) is 0 Å². The summed E-state index contributed by atoms with van der Waals surface area (Å²) in [5.74, 6) is -0.127. The minimum absolute atomic E-state index is 0.127. The predicted molar refractivity (Wildman–Crippen MR) is 89.3 cm³/mol. The monoisotopic (exact) mass is 379 g/mol. The first kappa shape index (κ1) is 15.2. The van der Waals surface area contributed by atoms with E-state index < -0.39 is 0 Å². The molecule has 1 N–H and O–H groups in total. The van der Waals surface area contributed by atoms with Gasteiger partial charge < -0.3 is 9.84 Å². The Labute approximate surface area is 139 Å². The highest BCUT2D eigenvalue weighted by Crippen LogP contribution is 2.23. The molecule has 3 aromatic rings. The Kier molecular flexibility index (Phi) is 4.26. The SMILES string of the molecule is Cc1cc(C(=O)NCCc2ccc(Br)s2)c2c(C)noc2n1. The Morgan fingerprint density at radius 2 is 2.23 bits per heavy atom. The van der Waals surface area contributed by atoms with Crippen LogP contribution in [-0.2, 0) is 6.42 Å². The van der Waals surface area contributed by atoms with Crippen molar-refractivity contribution >= 4 is 44.3 Å². The van der Waals surface area contributed by atoms with Gasteiger partial charge in [0.05, 0.1) is 20.4 Å². The molecule has 0 aliphatic carbocycles. The fourth-order valence-electron chi connectivity index (χ4n) is 2.28. The molecule has 0 saturated heterocycles. The molecule has 0 radical (unpaired) electrons. The van der Waals surface area contributed by atoms with Crippen molar-refractivity contribution in [3.05, 3.63) is 43.8 Å². The first-order valence-corrected chi connectivity index (χ1v) is 8.41. The third-order valence-corrected chi connectivity index (χ3v) is 4.96. The maximum absolute atomic E-state index is 12.4. The molecule has 0 aliphatic rings. The topological polar surface area (TPSA) is 68.0 Å². The number of rotatable bonds is 4. The van der Waals surface area contributed by atoms with Gasteiger partial charge in [-0.05, 0) is 54.4 Å². The molecule has 0 aromatic carbocycles. The number of pyridine rings is 1. The first-order valence-electron chi connectivity index (χ1n) is 6.80. The number of fused-ring (bicyclic) bond motifs is 1. The lowest BCUT2D eigenvalue weighted by Gasteiger charge is -2.06. The Bertz CT molecular complexity index is 841. The van der Waals surface area contributed by atoms with E-state index in [2.05, 4.69) is 37.5 Å². The van der Waals surface area contributed by atoms with Gasteiger partial charge in [-0.2, -0.15) is 0 Å². The van der Waals surface area contributed by atoms with Gasteiger partial charge in [-0.25, -0.2) is 4.98 Å². The molecule has 0 saturated carbocycles. The van der Waals surface area contributed by atoms with Gasteiger partial charge in [-0.15, -0.1) is 11.3 Å². The van der Waals surface area contributed by atoms with Crippen molar-refractivity contribution in [1.82, 2.24) is 15.5 Å². The summed E-state index contributed by atoms with van der Waals surface area (Å²) in [6, 6.07) is 5.83. The maximum atomic E-state index is 12.4. The second-order valence-electron chi connectivity index (χ2n) is 4.97. The fraction of sp³-hybridized carbons (Fsp3) is 0.267. The number of carbonyl (C=O) groups excluding carboxylic acids is 1. The number of hydrogen-bond acceptors (Lipinski definition) is 5. The molecule has 0 unspecified atom stereocenters. The van der Waals surface area contributed by atoms with Gasteiger partial charge in [0.15, 0.2) is 0 Å². The van der Waals surface area contributed by atoms with Crippen LogP contribution in [0.4, 0.5) is 0 Å². The van der Waals surface area contributed by atoms with Crippen LogP contribution < -0.4 is 5.32 Å². The molecule has 0 bridgehead atoms. The molecule has 0 fully saturated rings. The minimum atomic E-state index is -0.127. The maximum Gasteiger partial charge on any atom is 0.258 e. The van der Waals surface area contributed by atoms with E-state index in [-0.39, 0.29) is 5.91 Å². The molecule has 22 heavy (non-hydrogen) atoms. The molecule has 7 heteroatoms. The summed E-state index contributed by atoms with van der Waals surface area (Å²) in [7, 11) is 0. The summed E-state index contributed by atoms with van der Waals surface area (Å²) < 4.78 is 6.25. The van der Waals surface area contributed by atoms with Gasteiger partial charge in [0.2, 0.25) is 0 Å². The van der Waals surface area contributed by atoms with Crippen LogP contribution in [0.5, 0.6) is 0 Å². The summed E-state index contributed by atoms with van der Waals surface area (Å²) in [4.78, 5) is 17.9. The second-order valence-corrected chi connectivity index (χ2v) is 7.52. The highest BCUT2D eigenvalue weighted by molar-refractivity contribution is 9.11. The predicted octanol–water partition coefficient (Wildman–Crippen LogP) is 3.64. The van der Waals surface area contributed by atoms with Crippen LogP contribution in [0.2, 0.25) is 0 Å². The van der Waals surface area contributed by atoms with Crippen molar-refractivity contribution in [2.24, 2.45) is 0 Å². The number of nitrogens with one attached hydrogen (secondary N) is 1. The van der Waals surface area contributed by atoms with Crippen molar-refractivity contribution in [3.63, 3.8) is 0 Å². The minimum Gasteiger partial charge on any atom is -0.352 e. The highest BCUT2D eigenvalue weighted by atomic mass is 79.9. The number of aromatic nitrogens is 2. The molecular formula is C15H14BrN3O2S. The van der Waals surface area contributed by atoms with Crippen LogP contribution in [-0.4, -0.2) is 22.6 Å². The van der Waals surface area contributed by atoms with Gasteiger partial charge in [0.25, 0.3) is 11.6 Å². The van der Waals surface area contributed by atoms with Crippen molar-refractivity contribution in [2.45, 2.75) is 20.3 Å². The van der Waals surface area contributed by atoms with Gasteiger partial charge in [0.1, 0.15) is 0 Å². The zero-order valence-corrected chi connectivity index (χ0v) is 14.5. The van der Waals surface area contributed by atoms with Gasteiger partial charge in [-0.3, -0.25) is 4.79 Å². The largest absolute Gasteiger partial charge is 0.352 e. The molecule has 0 atom stereocenters. The van der Waals surface area contributed by atoms with Crippen molar-refractivity contribution in [2.75, 3.05) is 6.54 Å². The standard InChI is InChI=1S/C15H14BrN3O2S/c1-8-7-11(13-9(2)19-21-15(13)18-8)14(20)17-6-5-10-3-4-12(16)22-10/h3-4,7H,5-6H2,1-2H3,(H,17,20). The molecule has 3 heterocycles. The van der Waals surface area contributed by atoms with E-state index in [1.807, 2.05) is 19.9 Å². The first-order chi connectivity index (χ1) is 10.5. The normalized spacial score (nSPS) is 11.0. The molecule has 3 aromatic heterocycles. The van der Waals surface area contributed by atoms with Crippen LogP contribution in [0.15, 0.2) is 26.5 Å². The van der Waals surface area contributed by atoms with Crippen molar-refractivity contribution < 1.29 is 9.32 Å². The Balaban J connectivity index is 1.76. The number of amides is 1. The van der Waals surface area contributed by atoms with Gasteiger partial charge in [0, 0.05) is 17.1 Å². The van der Waals surface area contributed by atoms with Crippen molar-refractivity contribution in [3.8, 4) is 0 Å². The third-order valence-electron chi connectivity index (χ3n) is 3.28. The van der Waals surface area contributed by atoms with Crippen LogP contribution in [0, 0.1) is 13.8 Å². The highest BCUT2D eigenvalue weighted by Gasteiger charge is 2.17. The summed E-state index contributed by atoms with van der Waals surface area (Å²) in [5, 5.41) is 7.52. The van der Waals surface area contributed by atoms with Crippen LogP contribution in [0.25, 0.3) is 11.1 Å². The van der Waals surface area contributed by atoms with Crippen LogP contribution in [0.3, 0.4) is 0 Å². The smallest absolute Gasteiger partial charge is 0.258 e. The Morgan fingerprint density at radius 1 is 1.41 bits per heavy atom. The number of nitrogens with zero attached hydrogens (tertiary/aromatic N) is 2. The lowest BCUT2D eigenvalue weighted by atomic mass is 10.1. The van der Waals surface area contributed by atoms with E-state index in [1.54, 1.807) is 17.4 Å². The Morgan fingerprint density at radius 3 is 2.95 bits per heavy atom. The zero-order valence-electron chi connectivity index (χ0n) is 12.1. The Hall–Kier alpha value is -1.73. The van der Waals surface area contributed by atoms with Crippen LogP contribution in [0.1, 0.15) is 26.6 Å². The summed E-state index contributed by atoms with van der Waals surface area (Å²) in [5.41, 5.74) is 2.38. The quantitative estimate of drug-likeness (QED) is 0.751. The third kappa shape index (κ3) is 3.05. The fourth-order valence-corrected chi connectivity index (χ4v) is 3.76. The molecule has 1 amide bonds. The molecule has 5 nitrogen and oxygen atoms in total. The molecule has 0 aliphatic heterocycles. The average molecular weight is 380 g/mol. The second kappa shape index (κ2) is 6.18. The summed E-state index contributed by atoms with van der Waals surface area (Å²) in [6.07, 6.45) is 0.803. The summed E-state index contributed by atoms with van der Waals surface area (Å²) in [6.45, 7) is 4.22. The number of carbonyl (C=O) groups is 1. The van der Waals surface area contributed by atoms with E-state index in [9.17, 15) is 4.79 Å². The number of halogens is 1. The van der Waals surface area contributed by atoms with E-state index in [4.69, 9.17) is 4.52 Å². The van der Waals surface area contributed by atoms with E-state index in [0.717, 1.165) is 15.9 Å². The van der Waals surface area contributed by atoms with E-state index in [0.29, 0.717) is 28.9 Å². The lowest BCUT2D eigenvalue weighted by Crippen LogP contribution is -2.26. The molecule has 0 spiro atoms. The zero-order chi connectivity index (χ0) is 15.7. The number of aryl methyl sites for hydroxylation is 2. The van der Waals surface area contributed by atoms with E-state index in [1.165, 1.54) is 4.88 Å². The lowest BCUT2D eigenvalue weighted by molar-refractivity contribution is 0.0955. The number of thiophene rings is 1. The molecule has 114 valence electrons. The van der Waals surface area contributed by atoms with Crippen LogP contribution >= 0.6 is 27.3 Å². The molecular weight excluding hydrogens is 366 g/mol. The van der Waals surface area contributed by atoms with Gasteiger partial charge in [-0.1, -0.05) is 5.16 Å². The van der Waals surface area contributed by atoms with Gasteiger partial charge >= 0.3 is 0 Å².